The fraction of sp³-hybridized carbons (Fsp3) is 0.440. The van der Waals surface area contributed by atoms with Crippen molar-refractivity contribution in [1.82, 2.24) is 10.2 Å². The predicted molar refractivity (Wildman–Crippen MR) is 123 cm³/mol. The highest BCUT2D eigenvalue weighted by atomic mass is 19.1. The van der Waals surface area contributed by atoms with Gasteiger partial charge < -0.3 is 24.6 Å². The Morgan fingerprint density at radius 3 is 2.58 bits per heavy atom. The molecule has 2 aromatic rings. The first-order valence-electron chi connectivity index (χ1n) is 11.3. The number of likely N-dealkylation sites (tertiary alicyclic amines) is 1. The van der Waals surface area contributed by atoms with E-state index in [9.17, 15) is 14.0 Å². The lowest BCUT2D eigenvalue weighted by Crippen LogP contribution is -2.52. The molecule has 2 aliphatic heterocycles. The Bertz CT molecular complexity index is 1020. The van der Waals surface area contributed by atoms with Gasteiger partial charge in [0.1, 0.15) is 11.4 Å². The summed E-state index contributed by atoms with van der Waals surface area (Å²) in [5.41, 5.74) is 1.61. The maximum absolute atomic E-state index is 13.9. The van der Waals surface area contributed by atoms with Gasteiger partial charge in [-0.3, -0.25) is 9.59 Å². The van der Waals surface area contributed by atoms with Crippen molar-refractivity contribution in [2.45, 2.75) is 38.3 Å². The number of carbonyl (C=O) groups is 2. The average Bonchev–Trinajstić information content (AvgIpc) is 2.96. The normalized spacial score (nSPS) is 17.1. The molecule has 0 aliphatic carbocycles. The molecule has 33 heavy (non-hydrogen) atoms. The highest BCUT2D eigenvalue weighted by molar-refractivity contribution is 5.83. The molecule has 4 rings (SSSR count). The summed E-state index contributed by atoms with van der Waals surface area (Å²) in [6, 6.07) is 12.9. The van der Waals surface area contributed by atoms with E-state index >= 15 is 0 Å². The minimum Gasteiger partial charge on any atom is -0.494 e. The van der Waals surface area contributed by atoms with Gasteiger partial charge in [-0.05, 0) is 29.8 Å². The summed E-state index contributed by atoms with van der Waals surface area (Å²) < 4.78 is 25.6. The van der Waals surface area contributed by atoms with E-state index in [1.54, 1.807) is 17.0 Å². The van der Waals surface area contributed by atoms with E-state index in [0.29, 0.717) is 19.6 Å². The van der Waals surface area contributed by atoms with Crippen LogP contribution in [0.25, 0.3) is 0 Å². The van der Waals surface area contributed by atoms with E-state index in [0.717, 1.165) is 42.8 Å². The summed E-state index contributed by atoms with van der Waals surface area (Å²) in [4.78, 5) is 27.6. The monoisotopic (exact) mass is 455 g/mol. The largest absolute Gasteiger partial charge is 0.494 e. The molecule has 1 spiro atoms. The summed E-state index contributed by atoms with van der Waals surface area (Å²) in [5.74, 6) is 0.404. The zero-order valence-corrected chi connectivity index (χ0v) is 19.1. The lowest BCUT2D eigenvalue weighted by molar-refractivity contribution is -0.135. The van der Waals surface area contributed by atoms with E-state index in [2.05, 4.69) is 10.2 Å². The van der Waals surface area contributed by atoms with E-state index in [1.807, 2.05) is 24.3 Å². The van der Waals surface area contributed by atoms with Crippen molar-refractivity contribution in [1.29, 1.82) is 0 Å². The van der Waals surface area contributed by atoms with Crippen molar-refractivity contribution in [2.75, 3.05) is 38.2 Å². The number of para-hydroxylation sites is 2. The highest BCUT2D eigenvalue weighted by Crippen LogP contribution is 2.41. The lowest BCUT2D eigenvalue weighted by atomic mass is 9.87. The minimum absolute atomic E-state index is 0.0287. The Balaban J connectivity index is 1.48. The van der Waals surface area contributed by atoms with Gasteiger partial charge in [-0.1, -0.05) is 18.2 Å². The second-order valence-corrected chi connectivity index (χ2v) is 8.68. The lowest BCUT2D eigenvalue weighted by Gasteiger charge is -2.41. The molecule has 0 aromatic heterocycles. The Kier molecular flexibility index (Phi) is 6.72. The van der Waals surface area contributed by atoms with Crippen LogP contribution in [-0.4, -0.2) is 55.6 Å². The minimum atomic E-state index is -0.375. The van der Waals surface area contributed by atoms with Gasteiger partial charge in [0.05, 0.1) is 19.3 Å². The molecule has 0 bridgehead atoms. The van der Waals surface area contributed by atoms with Crippen LogP contribution in [0.2, 0.25) is 0 Å². The number of anilines is 1. The van der Waals surface area contributed by atoms with Gasteiger partial charge in [0.25, 0.3) is 0 Å². The molecular formula is C25H30FN3O4. The molecule has 0 saturated carbocycles. The van der Waals surface area contributed by atoms with Crippen LogP contribution in [0.3, 0.4) is 0 Å². The summed E-state index contributed by atoms with van der Waals surface area (Å²) >= 11 is 0. The number of amides is 2. The molecule has 2 aliphatic rings. The van der Waals surface area contributed by atoms with Crippen LogP contribution >= 0.6 is 0 Å². The molecular weight excluding hydrogens is 425 g/mol. The average molecular weight is 456 g/mol. The molecule has 0 atom stereocenters. The van der Waals surface area contributed by atoms with Crippen LogP contribution < -0.4 is 19.7 Å². The topological polar surface area (TPSA) is 71.1 Å². The van der Waals surface area contributed by atoms with Gasteiger partial charge in [0, 0.05) is 52.4 Å². The van der Waals surface area contributed by atoms with Gasteiger partial charge in [-0.2, -0.15) is 0 Å². The van der Waals surface area contributed by atoms with Crippen molar-refractivity contribution in [3.8, 4) is 11.5 Å². The van der Waals surface area contributed by atoms with E-state index < -0.39 is 0 Å². The molecule has 2 heterocycles. The van der Waals surface area contributed by atoms with E-state index in [4.69, 9.17) is 9.47 Å². The first-order chi connectivity index (χ1) is 15.9. The van der Waals surface area contributed by atoms with Gasteiger partial charge >= 0.3 is 0 Å². The van der Waals surface area contributed by atoms with E-state index in [-0.39, 0.29) is 35.5 Å². The van der Waals surface area contributed by atoms with E-state index in [1.165, 1.54) is 20.1 Å². The second kappa shape index (κ2) is 9.68. The predicted octanol–water partition coefficient (Wildman–Crippen LogP) is 3.12. The first-order valence-corrected chi connectivity index (χ1v) is 11.3. The Morgan fingerprint density at radius 1 is 1.12 bits per heavy atom. The number of nitrogens with zero attached hydrogens (tertiary/aromatic N) is 2. The SMILES string of the molecule is COc1cc(CN2CCC3(CCN(C(=O)CNC(C)=O)CC3)Oc3ccccc32)ccc1F. The second-order valence-electron chi connectivity index (χ2n) is 8.68. The van der Waals surface area contributed by atoms with Crippen molar-refractivity contribution < 1.29 is 23.5 Å². The molecule has 0 radical (unpaired) electrons. The molecule has 176 valence electrons. The van der Waals surface area contributed by atoms with Crippen molar-refractivity contribution in [3.63, 3.8) is 0 Å². The summed E-state index contributed by atoms with van der Waals surface area (Å²) in [6.07, 6.45) is 2.27. The molecule has 1 saturated heterocycles. The number of hydrogen-bond donors (Lipinski definition) is 1. The quantitative estimate of drug-likeness (QED) is 0.750. The molecule has 1 fully saturated rings. The number of piperidine rings is 1. The maximum atomic E-state index is 13.9. The van der Waals surface area contributed by atoms with Crippen molar-refractivity contribution >= 4 is 17.5 Å². The fourth-order valence-corrected chi connectivity index (χ4v) is 4.56. The third kappa shape index (κ3) is 5.21. The van der Waals surface area contributed by atoms with Gasteiger partial charge in [-0.15, -0.1) is 0 Å². The number of carbonyl (C=O) groups excluding carboxylic acids is 2. The fourth-order valence-electron chi connectivity index (χ4n) is 4.56. The van der Waals surface area contributed by atoms with Crippen LogP contribution in [0.15, 0.2) is 42.5 Å². The number of benzene rings is 2. The zero-order valence-electron chi connectivity index (χ0n) is 19.1. The van der Waals surface area contributed by atoms with Crippen LogP contribution in [0.5, 0.6) is 11.5 Å². The third-order valence-electron chi connectivity index (χ3n) is 6.47. The molecule has 2 aromatic carbocycles. The molecule has 8 heteroatoms. The van der Waals surface area contributed by atoms with Crippen LogP contribution in [0.1, 0.15) is 31.7 Å². The Hall–Kier alpha value is -3.29. The molecule has 0 unspecified atom stereocenters. The number of nitrogens with one attached hydrogen (secondary N) is 1. The standard InChI is InChI=1S/C25H30FN3O4/c1-18(30)27-16-24(31)28-12-9-25(10-13-28)11-14-29(21-5-3-4-6-22(21)33-25)17-19-7-8-20(26)23(15-19)32-2/h3-8,15H,9-14,16-17H2,1-2H3,(H,27,30). The summed E-state index contributed by atoms with van der Waals surface area (Å²) in [6.45, 7) is 4.00. The van der Waals surface area contributed by atoms with Gasteiger partial charge in [0.2, 0.25) is 11.8 Å². The van der Waals surface area contributed by atoms with Gasteiger partial charge in [0.15, 0.2) is 11.6 Å². The molecule has 1 N–H and O–H groups in total. The Labute approximate surface area is 193 Å². The highest BCUT2D eigenvalue weighted by Gasteiger charge is 2.40. The number of fused-ring (bicyclic) bond motifs is 1. The number of ether oxygens (including phenoxy) is 2. The maximum Gasteiger partial charge on any atom is 0.241 e. The van der Waals surface area contributed by atoms with Crippen molar-refractivity contribution in [3.05, 3.63) is 53.8 Å². The van der Waals surface area contributed by atoms with Crippen LogP contribution in [-0.2, 0) is 16.1 Å². The summed E-state index contributed by atoms with van der Waals surface area (Å²) in [7, 11) is 1.47. The van der Waals surface area contributed by atoms with Crippen LogP contribution in [0.4, 0.5) is 10.1 Å². The number of methoxy groups -OCH3 is 1. The third-order valence-corrected chi connectivity index (χ3v) is 6.47. The zero-order chi connectivity index (χ0) is 23.4. The first kappa shape index (κ1) is 22.9. The number of rotatable bonds is 5. The van der Waals surface area contributed by atoms with Gasteiger partial charge in [-0.25, -0.2) is 4.39 Å². The molecule has 2 amide bonds. The number of halogens is 1. The van der Waals surface area contributed by atoms with Crippen LogP contribution in [0, 0.1) is 5.82 Å². The Morgan fingerprint density at radius 2 is 1.85 bits per heavy atom. The van der Waals surface area contributed by atoms with Crippen molar-refractivity contribution in [2.24, 2.45) is 0 Å². The smallest absolute Gasteiger partial charge is 0.241 e. The number of hydrogen-bond acceptors (Lipinski definition) is 5. The summed E-state index contributed by atoms with van der Waals surface area (Å²) in [5, 5.41) is 2.58. The molecule has 7 nitrogen and oxygen atoms in total.